The molecule has 126 valence electrons. The molecule has 8 heteroatoms. The van der Waals surface area contributed by atoms with E-state index in [2.05, 4.69) is 5.32 Å². The summed E-state index contributed by atoms with van der Waals surface area (Å²) >= 11 is 11.7. The second-order valence-corrected chi connectivity index (χ2v) is 5.91. The van der Waals surface area contributed by atoms with Crippen LogP contribution in [0.2, 0.25) is 10.0 Å². The van der Waals surface area contributed by atoms with Crippen LogP contribution in [0.4, 0.5) is 5.69 Å². The van der Waals surface area contributed by atoms with E-state index in [1.807, 2.05) is 0 Å². The van der Waals surface area contributed by atoms with Crippen LogP contribution in [-0.2, 0) is 16.1 Å². The number of amides is 2. The molecule has 0 radical (unpaired) electrons. The first-order valence-corrected chi connectivity index (χ1v) is 7.77. The number of hydrogen-bond donors (Lipinski definition) is 1. The molecule has 2 amide bonds. The average molecular weight is 368 g/mol. The number of benzene rings is 1. The molecule has 0 aliphatic carbocycles. The predicted molar refractivity (Wildman–Crippen MR) is 93.4 cm³/mol. The number of carbonyl (C=O) groups excluding carboxylic acids is 2. The maximum Gasteiger partial charge on any atom is 0.250 e. The molecule has 0 bridgehead atoms. The second-order valence-electron chi connectivity index (χ2n) is 5.09. The van der Waals surface area contributed by atoms with Crippen molar-refractivity contribution in [1.29, 1.82) is 0 Å². The van der Waals surface area contributed by atoms with Gasteiger partial charge in [0, 0.05) is 25.0 Å². The van der Waals surface area contributed by atoms with Gasteiger partial charge in [0.05, 0.1) is 16.6 Å². The maximum absolute atomic E-state index is 12.1. The Morgan fingerprint density at radius 2 is 1.92 bits per heavy atom. The number of halogens is 2. The van der Waals surface area contributed by atoms with Crippen molar-refractivity contribution in [1.82, 2.24) is 9.47 Å². The zero-order valence-electron chi connectivity index (χ0n) is 12.8. The number of nitrogens with one attached hydrogen (secondary N) is 1. The molecule has 0 saturated heterocycles. The molecule has 1 heterocycles. The molecule has 0 aliphatic rings. The molecule has 0 fully saturated rings. The van der Waals surface area contributed by atoms with E-state index in [0.29, 0.717) is 15.7 Å². The normalized spacial score (nSPS) is 10.3. The summed E-state index contributed by atoms with van der Waals surface area (Å²) in [4.78, 5) is 36.9. The molecule has 2 rings (SSSR count). The Bertz CT molecular complexity index is 820. The third-order valence-electron chi connectivity index (χ3n) is 3.21. The van der Waals surface area contributed by atoms with E-state index in [1.54, 1.807) is 24.3 Å². The van der Waals surface area contributed by atoms with Gasteiger partial charge in [0.15, 0.2) is 0 Å². The minimum Gasteiger partial charge on any atom is -0.335 e. The lowest BCUT2D eigenvalue weighted by Gasteiger charge is -2.17. The van der Waals surface area contributed by atoms with Gasteiger partial charge in [-0.15, -0.1) is 0 Å². The topological polar surface area (TPSA) is 71.4 Å². The number of carbonyl (C=O) groups is 2. The van der Waals surface area contributed by atoms with Gasteiger partial charge in [-0.1, -0.05) is 29.3 Å². The second kappa shape index (κ2) is 7.99. The summed E-state index contributed by atoms with van der Waals surface area (Å²) in [6, 6.07) is 9.31. The molecule has 0 aliphatic heterocycles. The van der Waals surface area contributed by atoms with Crippen molar-refractivity contribution >= 4 is 40.7 Å². The zero-order valence-corrected chi connectivity index (χ0v) is 14.3. The van der Waals surface area contributed by atoms with Gasteiger partial charge in [-0.3, -0.25) is 14.4 Å². The van der Waals surface area contributed by atoms with Gasteiger partial charge in [0.25, 0.3) is 5.56 Å². The van der Waals surface area contributed by atoms with Gasteiger partial charge in [-0.25, -0.2) is 0 Å². The Balaban J connectivity index is 1.93. The molecule has 1 N–H and O–H groups in total. The van der Waals surface area contributed by atoms with Gasteiger partial charge in [0.1, 0.15) is 6.54 Å². The molecule has 0 spiro atoms. The average Bonchev–Trinajstić information content (AvgIpc) is 2.53. The summed E-state index contributed by atoms with van der Waals surface area (Å²) < 4.78 is 1.27. The van der Waals surface area contributed by atoms with Crippen LogP contribution in [0, 0.1) is 0 Å². The van der Waals surface area contributed by atoms with Crippen molar-refractivity contribution in [3.8, 4) is 0 Å². The Hall–Kier alpha value is -2.31. The highest BCUT2D eigenvalue weighted by atomic mass is 35.5. The summed E-state index contributed by atoms with van der Waals surface area (Å²) in [5.74, 6) is -0.739. The maximum atomic E-state index is 12.1. The lowest BCUT2D eigenvalue weighted by atomic mass is 10.3. The standard InChI is InChI=1S/C16H15Cl2N3O3/c1-20(16(24)10-21-7-3-2-4-15(21)23)9-14(22)19-11-5-6-12(17)13(18)8-11/h2-8H,9-10H2,1H3,(H,19,22). The van der Waals surface area contributed by atoms with E-state index in [0.717, 1.165) is 0 Å². The van der Waals surface area contributed by atoms with Gasteiger partial charge >= 0.3 is 0 Å². The quantitative estimate of drug-likeness (QED) is 0.880. The van der Waals surface area contributed by atoms with E-state index >= 15 is 0 Å². The van der Waals surface area contributed by atoms with Crippen molar-refractivity contribution in [3.63, 3.8) is 0 Å². The minimum atomic E-state index is -0.385. The molecule has 0 unspecified atom stereocenters. The third-order valence-corrected chi connectivity index (χ3v) is 3.95. The van der Waals surface area contributed by atoms with Gasteiger partial charge in [0.2, 0.25) is 11.8 Å². The van der Waals surface area contributed by atoms with E-state index in [1.165, 1.54) is 34.8 Å². The summed E-state index contributed by atoms with van der Waals surface area (Å²) in [5, 5.41) is 3.33. The number of pyridine rings is 1. The van der Waals surface area contributed by atoms with Crippen molar-refractivity contribution in [2.45, 2.75) is 6.54 Å². The van der Waals surface area contributed by atoms with Crippen molar-refractivity contribution in [3.05, 3.63) is 63.0 Å². The summed E-state index contributed by atoms with van der Waals surface area (Å²) in [5.41, 5.74) is 0.203. The highest BCUT2D eigenvalue weighted by Gasteiger charge is 2.14. The molecular formula is C16H15Cl2N3O3. The Labute approximate surface area is 148 Å². The van der Waals surface area contributed by atoms with Crippen LogP contribution < -0.4 is 10.9 Å². The summed E-state index contributed by atoms with van der Waals surface area (Å²) in [7, 11) is 1.49. The first kappa shape index (κ1) is 18.0. The van der Waals surface area contributed by atoms with Crippen LogP contribution in [0.15, 0.2) is 47.4 Å². The monoisotopic (exact) mass is 367 g/mol. The number of hydrogen-bond acceptors (Lipinski definition) is 3. The Kier molecular flexibility index (Phi) is 6.00. The first-order chi connectivity index (χ1) is 11.4. The van der Waals surface area contributed by atoms with Crippen LogP contribution in [0.3, 0.4) is 0 Å². The van der Waals surface area contributed by atoms with Crippen LogP contribution in [-0.4, -0.2) is 34.9 Å². The largest absolute Gasteiger partial charge is 0.335 e. The molecule has 0 atom stereocenters. The number of anilines is 1. The highest BCUT2D eigenvalue weighted by Crippen LogP contribution is 2.24. The molecule has 1 aromatic carbocycles. The van der Waals surface area contributed by atoms with Crippen LogP contribution in [0.1, 0.15) is 0 Å². The number of rotatable bonds is 5. The van der Waals surface area contributed by atoms with E-state index < -0.39 is 0 Å². The van der Waals surface area contributed by atoms with Crippen LogP contribution in [0.5, 0.6) is 0 Å². The fourth-order valence-electron chi connectivity index (χ4n) is 1.94. The predicted octanol–water partition coefficient (Wildman–Crippen LogP) is 2.25. The minimum absolute atomic E-state index is 0.129. The van der Waals surface area contributed by atoms with Gasteiger partial charge < -0.3 is 14.8 Å². The fourth-order valence-corrected chi connectivity index (χ4v) is 2.23. The Morgan fingerprint density at radius 3 is 2.58 bits per heavy atom. The number of aromatic nitrogens is 1. The van der Waals surface area contributed by atoms with Crippen molar-refractivity contribution in [2.75, 3.05) is 18.9 Å². The van der Waals surface area contributed by atoms with Gasteiger partial charge in [-0.05, 0) is 24.3 Å². The summed E-state index contributed by atoms with van der Waals surface area (Å²) in [6.07, 6.45) is 1.52. The lowest BCUT2D eigenvalue weighted by Crippen LogP contribution is -2.38. The fraction of sp³-hybridized carbons (Fsp3) is 0.188. The smallest absolute Gasteiger partial charge is 0.250 e. The van der Waals surface area contributed by atoms with Crippen LogP contribution >= 0.6 is 23.2 Å². The SMILES string of the molecule is CN(CC(=O)Nc1ccc(Cl)c(Cl)c1)C(=O)Cn1ccccc1=O. The molecule has 6 nitrogen and oxygen atoms in total. The van der Waals surface area contributed by atoms with E-state index in [9.17, 15) is 14.4 Å². The Morgan fingerprint density at radius 1 is 1.17 bits per heavy atom. The number of nitrogens with zero attached hydrogens (tertiary/aromatic N) is 2. The summed E-state index contributed by atoms with van der Waals surface area (Å²) in [6.45, 7) is -0.281. The van der Waals surface area contributed by atoms with Crippen LogP contribution in [0.25, 0.3) is 0 Å². The van der Waals surface area contributed by atoms with E-state index in [-0.39, 0.29) is 30.5 Å². The zero-order chi connectivity index (χ0) is 17.7. The highest BCUT2D eigenvalue weighted by molar-refractivity contribution is 6.42. The van der Waals surface area contributed by atoms with Gasteiger partial charge in [-0.2, -0.15) is 0 Å². The molecule has 0 saturated carbocycles. The third kappa shape index (κ3) is 4.84. The number of likely N-dealkylation sites (N-methyl/N-ethyl adjacent to an activating group) is 1. The van der Waals surface area contributed by atoms with Crippen molar-refractivity contribution < 1.29 is 9.59 Å². The molecule has 2 aromatic rings. The molecular weight excluding hydrogens is 353 g/mol. The van der Waals surface area contributed by atoms with Crippen molar-refractivity contribution in [2.24, 2.45) is 0 Å². The lowest BCUT2D eigenvalue weighted by molar-refractivity contribution is -0.133. The first-order valence-electron chi connectivity index (χ1n) is 7.01. The molecule has 1 aromatic heterocycles. The van der Waals surface area contributed by atoms with E-state index in [4.69, 9.17) is 23.2 Å². The molecule has 24 heavy (non-hydrogen) atoms.